The van der Waals surface area contributed by atoms with Crippen LogP contribution in [0, 0.1) is 0 Å². The highest BCUT2D eigenvalue weighted by Gasteiger charge is 2.12. The summed E-state index contributed by atoms with van der Waals surface area (Å²) in [7, 11) is 1.57. The van der Waals surface area contributed by atoms with Gasteiger partial charge >= 0.3 is 0 Å². The molecule has 2 aromatic carbocycles. The van der Waals surface area contributed by atoms with Gasteiger partial charge in [0.05, 0.1) is 17.5 Å². The predicted molar refractivity (Wildman–Crippen MR) is 90.6 cm³/mol. The molecule has 0 unspecified atom stereocenters. The van der Waals surface area contributed by atoms with Gasteiger partial charge in [0.15, 0.2) is 0 Å². The van der Waals surface area contributed by atoms with E-state index in [2.05, 4.69) is 10.4 Å². The molecule has 24 heavy (non-hydrogen) atoms. The molecule has 1 aromatic heterocycles. The van der Waals surface area contributed by atoms with Gasteiger partial charge in [-0.3, -0.25) is 9.59 Å². The molecule has 6 heteroatoms. The third-order valence-electron chi connectivity index (χ3n) is 3.76. The Kier molecular flexibility index (Phi) is 4.29. The average molecular weight is 323 g/mol. The molecule has 0 bridgehead atoms. The van der Waals surface area contributed by atoms with Gasteiger partial charge in [0.2, 0.25) is 5.91 Å². The third kappa shape index (κ3) is 3.27. The van der Waals surface area contributed by atoms with Gasteiger partial charge in [-0.15, -0.1) is 0 Å². The van der Waals surface area contributed by atoms with Crippen molar-refractivity contribution < 1.29 is 9.90 Å². The van der Waals surface area contributed by atoms with Crippen LogP contribution in [0.1, 0.15) is 11.3 Å². The van der Waals surface area contributed by atoms with Gasteiger partial charge < -0.3 is 10.4 Å². The SMILES string of the molecule is Cn1nc(CC(=O)NCc2cccc(O)c2)c2ccccc2c1=O. The molecule has 0 saturated heterocycles. The van der Waals surface area contributed by atoms with Crippen molar-refractivity contribution >= 4 is 16.7 Å². The monoisotopic (exact) mass is 323 g/mol. The summed E-state index contributed by atoms with van der Waals surface area (Å²) in [5.74, 6) is -0.0397. The lowest BCUT2D eigenvalue weighted by Gasteiger charge is -2.09. The van der Waals surface area contributed by atoms with Crippen molar-refractivity contribution in [2.24, 2.45) is 7.05 Å². The summed E-state index contributed by atoms with van der Waals surface area (Å²) in [5, 5.41) is 17.7. The van der Waals surface area contributed by atoms with Crippen LogP contribution in [0.15, 0.2) is 53.3 Å². The number of fused-ring (bicyclic) bond motifs is 1. The largest absolute Gasteiger partial charge is 0.508 e. The summed E-state index contributed by atoms with van der Waals surface area (Å²) in [6, 6.07) is 13.8. The number of phenols is 1. The Morgan fingerprint density at radius 1 is 1.17 bits per heavy atom. The highest BCUT2D eigenvalue weighted by Crippen LogP contribution is 2.14. The maximum absolute atomic E-state index is 12.2. The Bertz CT molecular complexity index is 963. The first kappa shape index (κ1) is 15.7. The van der Waals surface area contributed by atoms with E-state index in [1.165, 1.54) is 4.68 Å². The average Bonchev–Trinajstić information content (AvgIpc) is 2.58. The van der Waals surface area contributed by atoms with Crippen molar-refractivity contribution in [3.05, 3.63) is 70.1 Å². The summed E-state index contributed by atoms with van der Waals surface area (Å²) in [6.07, 6.45) is 0.0768. The molecular weight excluding hydrogens is 306 g/mol. The van der Waals surface area contributed by atoms with Gasteiger partial charge in [-0.25, -0.2) is 4.68 Å². The zero-order valence-electron chi connectivity index (χ0n) is 13.2. The minimum absolute atomic E-state index is 0.0768. The lowest BCUT2D eigenvalue weighted by atomic mass is 10.1. The lowest BCUT2D eigenvalue weighted by Crippen LogP contribution is -2.27. The molecule has 1 heterocycles. The smallest absolute Gasteiger partial charge is 0.274 e. The van der Waals surface area contributed by atoms with E-state index in [0.717, 1.165) is 5.56 Å². The van der Waals surface area contributed by atoms with E-state index in [9.17, 15) is 14.7 Å². The van der Waals surface area contributed by atoms with Crippen LogP contribution in [0.2, 0.25) is 0 Å². The molecule has 3 rings (SSSR count). The number of rotatable bonds is 4. The number of aromatic hydroxyl groups is 1. The van der Waals surface area contributed by atoms with Crippen molar-refractivity contribution in [3.63, 3.8) is 0 Å². The number of amides is 1. The van der Waals surface area contributed by atoms with Gasteiger partial charge in [-0.05, 0) is 23.8 Å². The Labute approximate surface area is 138 Å². The van der Waals surface area contributed by atoms with Crippen LogP contribution in [-0.4, -0.2) is 20.8 Å². The minimum atomic E-state index is -0.199. The van der Waals surface area contributed by atoms with Crippen LogP contribution in [-0.2, 0) is 24.8 Å². The number of aromatic nitrogens is 2. The van der Waals surface area contributed by atoms with Crippen LogP contribution in [0.25, 0.3) is 10.8 Å². The van der Waals surface area contributed by atoms with Crippen LogP contribution in [0.3, 0.4) is 0 Å². The molecule has 3 aromatic rings. The third-order valence-corrected chi connectivity index (χ3v) is 3.76. The topological polar surface area (TPSA) is 84.2 Å². The highest BCUT2D eigenvalue weighted by atomic mass is 16.3. The van der Waals surface area contributed by atoms with E-state index in [1.54, 1.807) is 43.4 Å². The van der Waals surface area contributed by atoms with Crippen molar-refractivity contribution in [2.45, 2.75) is 13.0 Å². The van der Waals surface area contributed by atoms with Crippen molar-refractivity contribution in [3.8, 4) is 5.75 Å². The first-order valence-corrected chi connectivity index (χ1v) is 7.54. The van der Waals surface area contributed by atoms with E-state index in [-0.39, 0.29) is 23.6 Å². The van der Waals surface area contributed by atoms with Crippen LogP contribution in [0.5, 0.6) is 5.75 Å². The van der Waals surface area contributed by atoms with E-state index in [1.807, 2.05) is 12.1 Å². The van der Waals surface area contributed by atoms with Crippen LogP contribution in [0.4, 0.5) is 0 Å². The maximum atomic E-state index is 12.2. The molecule has 1 amide bonds. The number of benzene rings is 2. The number of phenolic OH excluding ortho intramolecular Hbond substituents is 1. The molecule has 0 aliphatic carbocycles. The van der Waals surface area contributed by atoms with E-state index >= 15 is 0 Å². The van der Waals surface area contributed by atoms with Gasteiger partial charge in [-0.1, -0.05) is 30.3 Å². The minimum Gasteiger partial charge on any atom is -0.508 e. The molecule has 0 spiro atoms. The Morgan fingerprint density at radius 3 is 2.67 bits per heavy atom. The second kappa shape index (κ2) is 6.54. The molecular formula is C18H17N3O3. The van der Waals surface area contributed by atoms with Gasteiger partial charge in [-0.2, -0.15) is 5.10 Å². The predicted octanol–water partition coefficient (Wildman–Crippen LogP) is 1.50. The molecule has 0 aliphatic heterocycles. The number of hydrogen-bond acceptors (Lipinski definition) is 4. The molecule has 0 atom stereocenters. The number of carbonyl (C=O) groups excluding carboxylic acids is 1. The molecule has 0 radical (unpaired) electrons. The van der Waals surface area contributed by atoms with Crippen molar-refractivity contribution in [1.29, 1.82) is 0 Å². The summed E-state index contributed by atoms with van der Waals surface area (Å²) in [5.41, 5.74) is 1.18. The second-order valence-corrected chi connectivity index (χ2v) is 5.54. The maximum Gasteiger partial charge on any atom is 0.274 e. The fourth-order valence-electron chi connectivity index (χ4n) is 2.59. The normalized spacial score (nSPS) is 10.7. The van der Waals surface area contributed by atoms with Crippen LogP contribution < -0.4 is 10.9 Å². The zero-order valence-corrected chi connectivity index (χ0v) is 13.2. The molecule has 6 nitrogen and oxygen atoms in total. The number of nitrogens with zero attached hydrogens (tertiary/aromatic N) is 2. The van der Waals surface area contributed by atoms with Gasteiger partial charge in [0.25, 0.3) is 5.56 Å². The summed E-state index contributed by atoms with van der Waals surface area (Å²) >= 11 is 0. The quantitative estimate of drug-likeness (QED) is 0.762. The van der Waals surface area contributed by atoms with Crippen molar-refractivity contribution in [2.75, 3.05) is 0 Å². The van der Waals surface area contributed by atoms with E-state index in [0.29, 0.717) is 23.0 Å². The molecule has 0 saturated carbocycles. The summed E-state index contributed by atoms with van der Waals surface area (Å²) in [6.45, 7) is 0.316. The van der Waals surface area contributed by atoms with E-state index < -0.39 is 0 Å². The Balaban J connectivity index is 1.78. The molecule has 0 fully saturated rings. The number of nitrogens with one attached hydrogen (secondary N) is 1. The molecule has 122 valence electrons. The van der Waals surface area contributed by atoms with Crippen molar-refractivity contribution in [1.82, 2.24) is 15.1 Å². The molecule has 0 aliphatic rings. The standard InChI is InChI=1S/C18H17N3O3/c1-21-18(24)15-8-3-2-7-14(15)16(20-21)10-17(23)19-11-12-5-4-6-13(22)9-12/h2-9,22H,10-11H2,1H3,(H,19,23). The summed E-state index contributed by atoms with van der Waals surface area (Å²) in [4.78, 5) is 24.3. The fraction of sp³-hybridized carbons (Fsp3) is 0.167. The first-order valence-electron chi connectivity index (χ1n) is 7.54. The number of carbonyl (C=O) groups is 1. The zero-order chi connectivity index (χ0) is 17.1. The highest BCUT2D eigenvalue weighted by molar-refractivity contribution is 5.88. The Morgan fingerprint density at radius 2 is 1.92 bits per heavy atom. The summed E-state index contributed by atoms with van der Waals surface area (Å²) < 4.78 is 1.25. The first-order chi connectivity index (χ1) is 11.5. The fourth-order valence-corrected chi connectivity index (χ4v) is 2.59. The van der Waals surface area contributed by atoms with Crippen LogP contribution >= 0.6 is 0 Å². The lowest BCUT2D eigenvalue weighted by molar-refractivity contribution is -0.120. The number of aryl methyl sites for hydroxylation is 1. The second-order valence-electron chi connectivity index (χ2n) is 5.54. The van der Waals surface area contributed by atoms with Gasteiger partial charge in [0, 0.05) is 19.0 Å². The molecule has 2 N–H and O–H groups in total. The number of hydrogen-bond donors (Lipinski definition) is 2. The Hall–Kier alpha value is -3.15. The van der Waals surface area contributed by atoms with E-state index in [4.69, 9.17) is 0 Å². The van der Waals surface area contributed by atoms with Gasteiger partial charge in [0.1, 0.15) is 5.75 Å².